The number of aryl methyl sites for hydroxylation is 2. The molecule has 1 fully saturated rings. The fourth-order valence-corrected chi connectivity index (χ4v) is 4.34. The number of imidazole rings is 1. The molecule has 1 aromatic carbocycles. The highest BCUT2D eigenvalue weighted by molar-refractivity contribution is 5.78. The Morgan fingerprint density at radius 1 is 1.17 bits per heavy atom. The zero-order valence-corrected chi connectivity index (χ0v) is 17.0. The van der Waals surface area contributed by atoms with Crippen molar-refractivity contribution in [1.29, 1.82) is 0 Å². The first-order chi connectivity index (χ1) is 14.5. The van der Waals surface area contributed by atoms with Crippen LogP contribution in [0.1, 0.15) is 36.1 Å². The number of nitrogens with zero attached hydrogens (tertiary/aromatic N) is 6. The molecule has 0 saturated carbocycles. The molecule has 1 N–H and O–H groups in total. The van der Waals surface area contributed by atoms with Gasteiger partial charge in [0.05, 0.1) is 17.5 Å². The zero-order chi connectivity index (χ0) is 20.8. The van der Waals surface area contributed by atoms with E-state index in [4.69, 9.17) is 0 Å². The highest BCUT2D eigenvalue weighted by atomic mass is 16.2. The molecule has 9 heteroatoms. The lowest BCUT2D eigenvalue weighted by Crippen LogP contribution is -2.41. The van der Waals surface area contributed by atoms with Crippen LogP contribution in [0.25, 0.3) is 16.8 Å². The van der Waals surface area contributed by atoms with Gasteiger partial charge in [0.15, 0.2) is 5.82 Å². The summed E-state index contributed by atoms with van der Waals surface area (Å²) < 4.78 is 3.50. The van der Waals surface area contributed by atoms with E-state index >= 15 is 0 Å². The Bertz CT molecular complexity index is 1310. The average molecular weight is 405 g/mol. The van der Waals surface area contributed by atoms with Crippen molar-refractivity contribution in [2.75, 3.05) is 13.1 Å². The molecule has 9 nitrogen and oxygen atoms in total. The van der Waals surface area contributed by atoms with Crippen LogP contribution in [0.3, 0.4) is 0 Å². The Morgan fingerprint density at radius 2 is 1.93 bits per heavy atom. The third kappa shape index (κ3) is 3.16. The molecule has 0 bridgehead atoms. The topological polar surface area (TPSA) is 101 Å². The van der Waals surface area contributed by atoms with E-state index in [1.807, 2.05) is 53.6 Å². The van der Waals surface area contributed by atoms with Crippen LogP contribution in [0.4, 0.5) is 0 Å². The lowest BCUT2D eigenvalue weighted by Gasteiger charge is -2.32. The number of aromatic nitrogens is 6. The first kappa shape index (κ1) is 18.5. The fourth-order valence-electron chi connectivity index (χ4n) is 4.34. The van der Waals surface area contributed by atoms with E-state index in [-0.39, 0.29) is 24.1 Å². The van der Waals surface area contributed by atoms with Gasteiger partial charge in [-0.25, -0.2) is 14.3 Å². The van der Waals surface area contributed by atoms with Gasteiger partial charge in [-0.1, -0.05) is 12.1 Å². The van der Waals surface area contributed by atoms with Crippen LogP contribution >= 0.6 is 0 Å². The van der Waals surface area contributed by atoms with Crippen LogP contribution in [-0.2, 0) is 11.2 Å². The van der Waals surface area contributed by atoms with Gasteiger partial charge in [-0.15, -0.1) is 5.10 Å². The molecule has 0 aliphatic carbocycles. The molecular weight excluding hydrogens is 382 g/mol. The summed E-state index contributed by atoms with van der Waals surface area (Å²) in [6.07, 6.45) is 1.64. The molecule has 154 valence electrons. The molecule has 1 aliphatic rings. The molecule has 0 unspecified atom stereocenters. The van der Waals surface area contributed by atoms with Gasteiger partial charge < -0.3 is 9.88 Å². The van der Waals surface area contributed by atoms with Gasteiger partial charge in [0, 0.05) is 30.5 Å². The summed E-state index contributed by atoms with van der Waals surface area (Å²) in [5.74, 6) is 1.01. The van der Waals surface area contributed by atoms with Crippen LogP contribution in [0.5, 0.6) is 0 Å². The molecule has 30 heavy (non-hydrogen) atoms. The lowest BCUT2D eigenvalue weighted by molar-refractivity contribution is -0.131. The number of piperidine rings is 1. The predicted octanol–water partition coefficient (Wildman–Crippen LogP) is 1.79. The van der Waals surface area contributed by atoms with E-state index in [1.165, 1.54) is 0 Å². The summed E-state index contributed by atoms with van der Waals surface area (Å²) in [6, 6.07) is 9.73. The molecule has 4 aromatic rings. The van der Waals surface area contributed by atoms with Crippen molar-refractivity contribution in [2.24, 2.45) is 0 Å². The van der Waals surface area contributed by atoms with Crippen molar-refractivity contribution >= 4 is 22.7 Å². The third-order valence-electron chi connectivity index (χ3n) is 5.78. The number of para-hydroxylation sites is 2. The van der Waals surface area contributed by atoms with Gasteiger partial charge in [-0.2, -0.15) is 4.98 Å². The van der Waals surface area contributed by atoms with E-state index in [9.17, 15) is 9.59 Å². The molecule has 1 amide bonds. The second kappa shape index (κ2) is 7.08. The first-order valence-corrected chi connectivity index (χ1v) is 10.2. The normalized spacial score (nSPS) is 15.3. The Labute approximate surface area is 172 Å². The maximum atomic E-state index is 12.8. The number of aromatic amines is 1. The summed E-state index contributed by atoms with van der Waals surface area (Å²) in [6.45, 7) is 5.08. The smallest absolute Gasteiger partial charge is 0.326 e. The summed E-state index contributed by atoms with van der Waals surface area (Å²) >= 11 is 0. The van der Waals surface area contributed by atoms with Crippen LogP contribution in [0.15, 0.2) is 35.1 Å². The van der Waals surface area contributed by atoms with Crippen LogP contribution in [0, 0.1) is 13.8 Å². The maximum absolute atomic E-state index is 12.8. The standard InChI is InChI=1S/C21H23N7O2/c1-13-11-14(2)28-20(22-13)24-18(25-28)12-19(29)26-9-7-15(8-10-26)27-17-6-4-3-5-16(17)23-21(27)30/h3-6,11,15H,7-10,12H2,1-2H3,(H,23,30). The predicted molar refractivity (Wildman–Crippen MR) is 111 cm³/mol. The van der Waals surface area contributed by atoms with Gasteiger partial charge in [-0.05, 0) is 44.9 Å². The molecule has 4 heterocycles. The number of rotatable bonds is 3. The van der Waals surface area contributed by atoms with E-state index in [0.29, 0.717) is 24.7 Å². The summed E-state index contributed by atoms with van der Waals surface area (Å²) in [4.78, 5) is 38.8. The average Bonchev–Trinajstić information content (AvgIpc) is 3.27. The number of likely N-dealkylation sites (tertiary alicyclic amines) is 1. The molecule has 0 radical (unpaired) electrons. The van der Waals surface area contributed by atoms with Crippen molar-refractivity contribution in [3.8, 4) is 0 Å². The summed E-state index contributed by atoms with van der Waals surface area (Å²) in [7, 11) is 0. The summed E-state index contributed by atoms with van der Waals surface area (Å²) in [5.41, 5.74) is 3.49. The van der Waals surface area contributed by atoms with Gasteiger partial charge in [0.1, 0.15) is 0 Å². The van der Waals surface area contributed by atoms with E-state index in [1.54, 1.807) is 4.52 Å². The van der Waals surface area contributed by atoms with E-state index < -0.39 is 0 Å². The minimum absolute atomic E-state index is 0.00463. The minimum Gasteiger partial charge on any atom is -0.342 e. The first-order valence-electron chi connectivity index (χ1n) is 10.2. The van der Waals surface area contributed by atoms with E-state index in [2.05, 4.69) is 20.1 Å². The number of carbonyl (C=O) groups is 1. The van der Waals surface area contributed by atoms with Gasteiger partial charge in [-0.3, -0.25) is 9.36 Å². The molecule has 5 rings (SSSR count). The third-order valence-corrected chi connectivity index (χ3v) is 5.78. The molecule has 3 aromatic heterocycles. The van der Waals surface area contributed by atoms with Crippen molar-refractivity contribution in [1.82, 2.24) is 34.0 Å². The largest absolute Gasteiger partial charge is 0.342 e. The number of benzene rings is 1. The molecule has 0 spiro atoms. The Kier molecular flexibility index (Phi) is 4.38. The molecule has 1 saturated heterocycles. The van der Waals surface area contributed by atoms with Crippen LogP contribution in [-0.4, -0.2) is 53.0 Å². The number of nitrogens with one attached hydrogen (secondary N) is 1. The summed E-state index contributed by atoms with van der Waals surface area (Å²) in [5, 5.41) is 4.44. The van der Waals surface area contributed by atoms with Gasteiger partial charge in [0.2, 0.25) is 5.91 Å². The second-order valence-electron chi connectivity index (χ2n) is 7.88. The number of hydrogen-bond donors (Lipinski definition) is 1. The number of amides is 1. The second-order valence-corrected chi connectivity index (χ2v) is 7.88. The van der Waals surface area contributed by atoms with Crippen molar-refractivity contribution in [3.63, 3.8) is 0 Å². The van der Waals surface area contributed by atoms with E-state index in [0.717, 1.165) is 35.3 Å². The molecular formula is C21H23N7O2. The molecule has 1 aliphatic heterocycles. The van der Waals surface area contributed by atoms with Crippen molar-refractivity contribution in [2.45, 2.75) is 39.2 Å². The van der Waals surface area contributed by atoms with Gasteiger partial charge >= 0.3 is 5.69 Å². The quantitative estimate of drug-likeness (QED) is 0.560. The number of fused-ring (bicyclic) bond motifs is 2. The Balaban J connectivity index is 1.28. The highest BCUT2D eigenvalue weighted by Crippen LogP contribution is 2.25. The fraction of sp³-hybridized carbons (Fsp3) is 0.381. The van der Waals surface area contributed by atoms with Gasteiger partial charge in [0.25, 0.3) is 5.78 Å². The van der Waals surface area contributed by atoms with Crippen LogP contribution < -0.4 is 5.69 Å². The van der Waals surface area contributed by atoms with Crippen LogP contribution in [0.2, 0.25) is 0 Å². The number of H-pyrrole nitrogens is 1. The number of hydrogen-bond acceptors (Lipinski definition) is 5. The minimum atomic E-state index is -0.0898. The maximum Gasteiger partial charge on any atom is 0.326 e. The Hall–Kier alpha value is -3.49. The lowest BCUT2D eigenvalue weighted by atomic mass is 10.0. The SMILES string of the molecule is Cc1cc(C)n2nc(CC(=O)N3CCC(n4c(=O)[nH]c5ccccc54)CC3)nc2n1. The number of carbonyl (C=O) groups excluding carboxylic acids is 1. The highest BCUT2D eigenvalue weighted by Gasteiger charge is 2.26. The van der Waals surface area contributed by atoms with Crippen molar-refractivity contribution in [3.05, 3.63) is 58.0 Å². The molecule has 0 atom stereocenters. The Morgan fingerprint density at radius 3 is 2.73 bits per heavy atom. The monoisotopic (exact) mass is 405 g/mol. The van der Waals surface area contributed by atoms with Crippen molar-refractivity contribution < 1.29 is 4.79 Å². The zero-order valence-electron chi connectivity index (χ0n) is 17.0.